The minimum atomic E-state index is -3.06. The fourth-order valence-electron chi connectivity index (χ4n) is 1.17. The van der Waals surface area contributed by atoms with Gasteiger partial charge in [-0.3, -0.25) is 0 Å². The second kappa shape index (κ2) is 3.92. The largest absolute Gasteiger partial charge is 0.496 e. The smallest absolute Gasteiger partial charge is 0.291 e. The van der Waals surface area contributed by atoms with Crippen LogP contribution in [-0.2, 0) is 5.92 Å². The quantitative estimate of drug-likeness (QED) is 0.813. The molecule has 1 aromatic rings. The van der Waals surface area contributed by atoms with Gasteiger partial charge >= 0.3 is 0 Å². The lowest BCUT2D eigenvalue weighted by atomic mass is 10.0. The molecule has 0 amide bonds. The van der Waals surface area contributed by atoms with E-state index in [-0.39, 0.29) is 11.3 Å². The summed E-state index contributed by atoms with van der Waals surface area (Å²) in [6.45, 7) is 1.27. The van der Waals surface area contributed by atoms with Crippen molar-refractivity contribution in [1.82, 2.24) is 0 Å². The SMILES string of the molecule is COc1ccccc1C(F)(F)C(C)N. The number of alkyl halides is 2. The van der Waals surface area contributed by atoms with Crippen molar-refractivity contribution in [1.29, 1.82) is 0 Å². The molecule has 14 heavy (non-hydrogen) atoms. The Hall–Kier alpha value is -1.16. The molecule has 4 heteroatoms. The van der Waals surface area contributed by atoms with Gasteiger partial charge in [-0.2, -0.15) is 8.78 Å². The lowest BCUT2D eigenvalue weighted by Gasteiger charge is -2.22. The minimum absolute atomic E-state index is 0.162. The first-order valence-electron chi connectivity index (χ1n) is 4.27. The molecule has 78 valence electrons. The first-order valence-corrected chi connectivity index (χ1v) is 4.27. The van der Waals surface area contributed by atoms with Gasteiger partial charge in [0.05, 0.1) is 18.7 Å². The predicted molar refractivity (Wildman–Crippen MR) is 50.5 cm³/mol. The van der Waals surface area contributed by atoms with Crippen LogP contribution in [0, 0.1) is 0 Å². The molecular formula is C10H13F2NO. The van der Waals surface area contributed by atoms with Gasteiger partial charge in [0.2, 0.25) is 0 Å². The van der Waals surface area contributed by atoms with Crippen LogP contribution >= 0.6 is 0 Å². The van der Waals surface area contributed by atoms with Gasteiger partial charge in [0, 0.05) is 0 Å². The van der Waals surface area contributed by atoms with Crippen LogP contribution in [0.2, 0.25) is 0 Å². The Morgan fingerprint density at radius 2 is 1.93 bits per heavy atom. The van der Waals surface area contributed by atoms with E-state index in [2.05, 4.69) is 0 Å². The van der Waals surface area contributed by atoms with Crippen LogP contribution in [0.1, 0.15) is 12.5 Å². The molecule has 0 heterocycles. The van der Waals surface area contributed by atoms with Gasteiger partial charge in [-0.05, 0) is 19.1 Å². The maximum Gasteiger partial charge on any atom is 0.291 e. The predicted octanol–water partition coefficient (Wildman–Crippen LogP) is 2.13. The number of para-hydroxylation sites is 1. The van der Waals surface area contributed by atoms with E-state index in [1.807, 2.05) is 0 Å². The van der Waals surface area contributed by atoms with Crippen LogP contribution in [0.25, 0.3) is 0 Å². The van der Waals surface area contributed by atoms with Crippen LogP contribution < -0.4 is 10.5 Å². The van der Waals surface area contributed by atoms with E-state index in [0.717, 1.165) is 0 Å². The van der Waals surface area contributed by atoms with Gasteiger partial charge in [-0.15, -0.1) is 0 Å². The molecule has 0 aromatic heterocycles. The molecule has 0 saturated carbocycles. The summed E-state index contributed by atoms with van der Waals surface area (Å²) in [5.74, 6) is -2.90. The van der Waals surface area contributed by atoms with Gasteiger partial charge < -0.3 is 10.5 Å². The number of nitrogens with two attached hydrogens (primary N) is 1. The summed E-state index contributed by atoms with van der Waals surface area (Å²) in [6, 6.07) is 4.75. The highest BCUT2D eigenvalue weighted by Gasteiger charge is 2.38. The maximum atomic E-state index is 13.5. The van der Waals surface area contributed by atoms with Gasteiger partial charge in [-0.25, -0.2) is 0 Å². The first-order chi connectivity index (χ1) is 6.50. The fraction of sp³-hybridized carbons (Fsp3) is 0.400. The van der Waals surface area contributed by atoms with Crippen molar-refractivity contribution in [3.63, 3.8) is 0 Å². The lowest BCUT2D eigenvalue weighted by Crippen LogP contribution is -2.36. The van der Waals surface area contributed by atoms with Crippen LogP contribution in [-0.4, -0.2) is 13.2 Å². The molecule has 1 atom stereocenters. The van der Waals surface area contributed by atoms with Gasteiger partial charge in [0.1, 0.15) is 5.75 Å². The average Bonchev–Trinajstić information content (AvgIpc) is 2.17. The van der Waals surface area contributed by atoms with Crippen molar-refractivity contribution in [3.05, 3.63) is 29.8 Å². The molecule has 0 saturated heterocycles. The Balaban J connectivity index is 3.17. The molecule has 0 bridgehead atoms. The highest BCUT2D eigenvalue weighted by Crippen LogP contribution is 2.36. The zero-order chi connectivity index (χ0) is 10.8. The third kappa shape index (κ3) is 1.85. The average molecular weight is 201 g/mol. The second-order valence-electron chi connectivity index (χ2n) is 3.11. The number of ether oxygens (including phenoxy) is 1. The van der Waals surface area contributed by atoms with Crippen LogP contribution in [0.15, 0.2) is 24.3 Å². The highest BCUT2D eigenvalue weighted by molar-refractivity contribution is 5.37. The van der Waals surface area contributed by atoms with E-state index in [9.17, 15) is 8.78 Å². The van der Waals surface area contributed by atoms with Crippen LogP contribution in [0.5, 0.6) is 5.75 Å². The Labute approximate surface area is 81.7 Å². The molecule has 1 rings (SSSR count). The molecule has 2 N–H and O–H groups in total. The highest BCUT2D eigenvalue weighted by atomic mass is 19.3. The standard InChI is InChI=1S/C10H13F2NO/c1-7(13)10(11,12)8-5-3-4-6-9(8)14-2/h3-7H,13H2,1-2H3. The normalized spacial score (nSPS) is 13.8. The Kier molecular flexibility index (Phi) is 3.06. The molecule has 1 aromatic carbocycles. The van der Waals surface area contributed by atoms with Gasteiger partial charge in [0.25, 0.3) is 5.92 Å². The molecule has 0 spiro atoms. The number of hydrogen-bond donors (Lipinski definition) is 1. The molecule has 0 aliphatic heterocycles. The van der Waals surface area contributed by atoms with Crippen molar-refractivity contribution in [2.45, 2.75) is 18.9 Å². The monoisotopic (exact) mass is 201 g/mol. The summed E-state index contributed by atoms with van der Waals surface area (Å²) < 4.78 is 31.9. The summed E-state index contributed by atoms with van der Waals surface area (Å²) in [5, 5.41) is 0. The van der Waals surface area contributed by atoms with Crippen molar-refractivity contribution in [2.75, 3.05) is 7.11 Å². The van der Waals surface area contributed by atoms with E-state index >= 15 is 0 Å². The van der Waals surface area contributed by atoms with Crippen molar-refractivity contribution in [3.8, 4) is 5.75 Å². The summed E-state index contributed by atoms with van der Waals surface area (Å²) in [4.78, 5) is 0. The van der Waals surface area contributed by atoms with Crippen molar-refractivity contribution >= 4 is 0 Å². The Morgan fingerprint density at radius 3 is 2.43 bits per heavy atom. The number of methoxy groups -OCH3 is 1. The molecule has 2 nitrogen and oxygen atoms in total. The Morgan fingerprint density at radius 1 is 1.36 bits per heavy atom. The fourth-order valence-corrected chi connectivity index (χ4v) is 1.17. The number of halogens is 2. The van der Waals surface area contributed by atoms with Crippen LogP contribution in [0.3, 0.4) is 0 Å². The van der Waals surface area contributed by atoms with E-state index in [0.29, 0.717) is 0 Å². The third-order valence-corrected chi connectivity index (χ3v) is 2.04. The molecular weight excluding hydrogens is 188 g/mol. The molecule has 1 unspecified atom stereocenters. The second-order valence-corrected chi connectivity index (χ2v) is 3.11. The number of hydrogen-bond acceptors (Lipinski definition) is 2. The summed E-state index contributed by atoms with van der Waals surface area (Å²) in [6.07, 6.45) is 0. The van der Waals surface area contributed by atoms with E-state index < -0.39 is 12.0 Å². The molecule has 0 radical (unpaired) electrons. The Bertz CT molecular complexity index is 313. The third-order valence-electron chi connectivity index (χ3n) is 2.04. The number of rotatable bonds is 3. The molecule has 0 aliphatic rings. The van der Waals surface area contributed by atoms with Gasteiger partial charge in [0.15, 0.2) is 0 Å². The lowest BCUT2D eigenvalue weighted by molar-refractivity contribution is -0.0275. The van der Waals surface area contributed by atoms with Gasteiger partial charge in [-0.1, -0.05) is 12.1 Å². The van der Waals surface area contributed by atoms with Crippen molar-refractivity contribution in [2.24, 2.45) is 5.73 Å². The maximum absolute atomic E-state index is 13.5. The summed E-state index contributed by atoms with van der Waals surface area (Å²) >= 11 is 0. The zero-order valence-corrected chi connectivity index (χ0v) is 8.13. The molecule has 0 aliphatic carbocycles. The zero-order valence-electron chi connectivity index (χ0n) is 8.13. The first kappa shape index (κ1) is 10.9. The topological polar surface area (TPSA) is 35.2 Å². The number of benzene rings is 1. The molecule has 0 fully saturated rings. The van der Waals surface area contributed by atoms with E-state index in [1.54, 1.807) is 6.07 Å². The van der Waals surface area contributed by atoms with E-state index in [1.165, 1.54) is 32.2 Å². The summed E-state index contributed by atoms with van der Waals surface area (Å²) in [7, 11) is 1.36. The minimum Gasteiger partial charge on any atom is -0.496 e. The summed E-state index contributed by atoms with van der Waals surface area (Å²) in [5.41, 5.74) is 5.05. The van der Waals surface area contributed by atoms with Crippen molar-refractivity contribution < 1.29 is 13.5 Å². The van der Waals surface area contributed by atoms with Crippen LogP contribution in [0.4, 0.5) is 8.78 Å². The van der Waals surface area contributed by atoms with E-state index in [4.69, 9.17) is 10.5 Å².